The molecule has 1 aliphatic rings. The Bertz CT molecular complexity index is 141. The molecule has 1 fully saturated rings. The van der Waals surface area contributed by atoms with E-state index in [-0.39, 0.29) is 6.09 Å². The topological polar surface area (TPSA) is 32.8 Å². The minimum Gasteiger partial charge on any atom is -0.351 e. The fraction of sp³-hybridized carbons (Fsp3) is 0.857. The summed E-state index contributed by atoms with van der Waals surface area (Å²) in [7, 11) is 3.40. The summed E-state index contributed by atoms with van der Waals surface area (Å²) >= 11 is 0. The predicted molar refractivity (Wildman–Crippen MR) is 41.0 cm³/mol. The Kier molecular flexibility index (Phi) is 2.70. The minimum absolute atomic E-state index is 0.229. The van der Waals surface area contributed by atoms with Crippen molar-refractivity contribution in [3.05, 3.63) is 0 Å². The summed E-state index contributed by atoms with van der Waals surface area (Å²) in [6.45, 7) is 1.68. The molecule has 4 nitrogen and oxygen atoms in total. The van der Waals surface area contributed by atoms with Crippen molar-refractivity contribution in [2.24, 2.45) is 0 Å². The van der Waals surface area contributed by atoms with Gasteiger partial charge in [-0.15, -0.1) is 5.06 Å². The second-order valence-electron chi connectivity index (χ2n) is 2.86. The zero-order valence-electron chi connectivity index (χ0n) is 7.04. The number of rotatable bonds is 1. The Morgan fingerprint density at radius 3 is 2.36 bits per heavy atom. The largest absolute Gasteiger partial charge is 0.428 e. The number of amides is 1. The van der Waals surface area contributed by atoms with E-state index in [1.807, 2.05) is 0 Å². The van der Waals surface area contributed by atoms with Gasteiger partial charge in [-0.2, -0.15) is 0 Å². The molecule has 0 aromatic carbocycles. The maximum atomic E-state index is 11.1. The van der Waals surface area contributed by atoms with Gasteiger partial charge in [0.25, 0.3) is 0 Å². The summed E-state index contributed by atoms with van der Waals surface area (Å²) in [5.41, 5.74) is 0. The Morgan fingerprint density at radius 1 is 1.36 bits per heavy atom. The highest BCUT2D eigenvalue weighted by molar-refractivity contribution is 5.67. The summed E-state index contributed by atoms with van der Waals surface area (Å²) in [6, 6.07) is 0. The SMILES string of the molecule is CN(C)OC(=O)N1CCCC1. The van der Waals surface area contributed by atoms with Crippen LogP contribution in [0.25, 0.3) is 0 Å². The highest BCUT2D eigenvalue weighted by Gasteiger charge is 2.19. The van der Waals surface area contributed by atoms with Gasteiger partial charge in [0.05, 0.1) is 0 Å². The van der Waals surface area contributed by atoms with Gasteiger partial charge in [0, 0.05) is 27.2 Å². The summed E-state index contributed by atoms with van der Waals surface area (Å²) in [4.78, 5) is 17.7. The van der Waals surface area contributed by atoms with Crippen LogP contribution in [0.3, 0.4) is 0 Å². The van der Waals surface area contributed by atoms with Gasteiger partial charge in [-0.25, -0.2) is 4.79 Å². The van der Waals surface area contributed by atoms with Crippen LogP contribution in [0.15, 0.2) is 0 Å². The van der Waals surface area contributed by atoms with Crippen LogP contribution in [0.1, 0.15) is 12.8 Å². The van der Waals surface area contributed by atoms with Crippen molar-refractivity contribution in [2.45, 2.75) is 12.8 Å². The highest BCUT2D eigenvalue weighted by Crippen LogP contribution is 2.08. The lowest BCUT2D eigenvalue weighted by atomic mass is 10.4. The standard InChI is InChI=1S/C7H14N2O2/c1-8(2)11-7(10)9-5-3-4-6-9/h3-6H2,1-2H3. The van der Waals surface area contributed by atoms with E-state index in [1.165, 1.54) is 5.06 Å². The normalized spacial score (nSPS) is 17.5. The highest BCUT2D eigenvalue weighted by atomic mass is 16.7. The van der Waals surface area contributed by atoms with Crippen LogP contribution in [0.2, 0.25) is 0 Å². The van der Waals surface area contributed by atoms with E-state index in [0.29, 0.717) is 0 Å². The summed E-state index contributed by atoms with van der Waals surface area (Å²) in [5, 5.41) is 1.42. The van der Waals surface area contributed by atoms with Gasteiger partial charge in [-0.05, 0) is 12.8 Å². The van der Waals surface area contributed by atoms with Crippen molar-refractivity contribution < 1.29 is 9.63 Å². The number of hydroxylamine groups is 2. The van der Waals surface area contributed by atoms with E-state index in [9.17, 15) is 4.79 Å². The molecule has 1 saturated heterocycles. The first kappa shape index (κ1) is 8.33. The van der Waals surface area contributed by atoms with E-state index in [4.69, 9.17) is 4.84 Å². The van der Waals surface area contributed by atoms with Gasteiger partial charge in [0.2, 0.25) is 0 Å². The first-order valence-corrected chi connectivity index (χ1v) is 3.84. The lowest BCUT2D eigenvalue weighted by Crippen LogP contribution is -2.32. The summed E-state index contributed by atoms with van der Waals surface area (Å²) < 4.78 is 0. The van der Waals surface area contributed by atoms with Crippen molar-refractivity contribution in [3.8, 4) is 0 Å². The lowest BCUT2D eigenvalue weighted by Gasteiger charge is -2.17. The molecular weight excluding hydrogens is 144 g/mol. The third kappa shape index (κ3) is 2.38. The van der Waals surface area contributed by atoms with E-state index < -0.39 is 0 Å². The van der Waals surface area contributed by atoms with E-state index in [1.54, 1.807) is 19.0 Å². The van der Waals surface area contributed by atoms with Gasteiger partial charge in [0.1, 0.15) is 0 Å². The van der Waals surface area contributed by atoms with Crippen molar-refractivity contribution in [1.82, 2.24) is 9.96 Å². The zero-order valence-corrected chi connectivity index (χ0v) is 7.04. The van der Waals surface area contributed by atoms with Crippen LogP contribution in [-0.2, 0) is 4.84 Å². The first-order chi connectivity index (χ1) is 5.20. The zero-order chi connectivity index (χ0) is 8.27. The first-order valence-electron chi connectivity index (χ1n) is 3.84. The van der Waals surface area contributed by atoms with Crippen molar-refractivity contribution >= 4 is 6.09 Å². The molecule has 64 valence electrons. The van der Waals surface area contributed by atoms with E-state index >= 15 is 0 Å². The Hall–Kier alpha value is -0.770. The molecule has 0 aromatic heterocycles. The van der Waals surface area contributed by atoms with Crippen molar-refractivity contribution in [3.63, 3.8) is 0 Å². The van der Waals surface area contributed by atoms with Crippen LogP contribution in [0, 0.1) is 0 Å². The van der Waals surface area contributed by atoms with Crippen LogP contribution in [0.4, 0.5) is 4.79 Å². The molecule has 0 unspecified atom stereocenters. The third-order valence-corrected chi connectivity index (χ3v) is 1.62. The number of carbonyl (C=O) groups excluding carboxylic acids is 1. The molecule has 0 aromatic rings. The molecule has 0 radical (unpaired) electrons. The smallest absolute Gasteiger partial charge is 0.351 e. The Balaban J connectivity index is 2.28. The second-order valence-corrected chi connectivity index (χ2v) is 2.86. The van der Waals surface area contributed by atoms with Gasteiger partial charge in [-0.3, -0.25) is 0 Å². The molecule has 1 heterocycles. The predicted octanol–water partition coefficient (Wildman–Crippen LogP) is 0.695. The molecular formula is C7H14N2O2. The summed E-state index contributed by atoms with van der Waals surface area (Å²) in [5.74, 6) is 0. The monoisotopic (exact) mass is 158 g/mol. The maximum Gasteiger partial charge on any atom is 0.428 e. The van der Waals surface area contributed by atoms with Crippen LogP contribution < -0.4 is 0 Å². The van der Waals surface area contributed by atoms with Crippen LogP contribution in [0.5, 0.6) is 0 Å². The molecule has 0 saturated carbocycles. The van der Waals surface area contributed by atoms with Gasteiger partial charge in [-0.1, -0.05) is 0 Å². The number of carbonyl (C=O) groups is 1. The molecule has 0 atom stereocenters. The third-order valence-electron chi connectivity index (χ3n) is 1.62. The molecule has 0 bridgehead atoms. The average molecular weight is 158 g/mol. The molecule has 1 amide bonds. The molecule has 4 heteroatoms. The number of hydrogen-bond donors (Lipinski definition) is 0. The summed E-state index contributed by atoms with van der Waals surface area (Å²) in [6.07, 6.45) is 1.97. The van der Waals surface area contributed by atoms with E-state index in [2.05, 4.69) is 0 Å². The molecule has 1 aliphatic heterocycles. The number of hydrogen-bond acceptors (Lipinski definition) is 3. The van der Waals surface area contributed by atoms with Crippen molar-refractivity contribution in [2.75, 3.05) is 27.2 Å². The van der Waals surface area contributed by atoms with Crippen LogP contribution in [-0.4, -0.2) is 43.2 Å². The second kappa shape index (κ2) is 3.57. The number of likely N-dealkylation sites (tertiary alicyclic amines) is 1. The Morgan fingerprint density at radius 2 is 1.91 bits per heavy atom. The molecule has 0 N–H and O–H groups in total. The maximum absolute atomic E-state index is 11.1. The molecule has 11 heavy (non-hydrogen) atoms. The molecule has 0 spiro atoms. The van der Waals surface area contributed by atoms with Gasteiger partial charge in [0.15, 0.2) is 0 Å². The number of nitrogens with zero attached hydrogens (tertiary/aromatic N) is 2. The minimum atomic E-state index is -0.229. The van der Waals surface area contributed by atoms with E-state index in [0.717, 1.165) is 25.9 Å². The van der Waals surface area contributed by atoms with Crippen LogP contribution >= 0.6 is 0 Å². The van der Waals surface area contributed by atoms with Gasteiger partial charge < -0.3 is 9.74 Å². The lowest BCUT2D eigenvalue weighted by molar-refractivity contribution is -0.0692. The molecule has 0 aliphatic carbocycles. The fourth-order valence-electron chi connectivity index (χ4n) is 1.11. The quantitative estimate of drug-likeness (QED) is 0.526. The van der Waals surface area contributed by atoms with Gasteiger partial charge >= 0.3 is 6.09 Å². The fourth-order valence-corrected chi connectivity index (χ4v) is 1.11. The average Bonchev–Trinajstić information content (AvgIpc) is 2.35. The Labute approximate surface area is 66.7 Å². The van der Waals surface area contributed by atoms with Crippen molar-refractivity contribution in [1.29, 1.82) is 0 Å². The molecule has 1 rings (SSSR count).